The zero-order valence-corrected chi connectivity index (χ0v) is 9.04. The molecule has 3 nitrogen and oxygen atoms in total. The monoisotopic (exact) mass is 205 g/mol. The maximum atomic E-state index is 11.5. The van der Waals surface area contributed by atoms with Gasteiger partial charge in [0.15, 0.2) is 0 Å². The third kappa shape index (κ3) is 1.82. The first-order valence-corrected chi connectivity index (χ1v) is 5.16. The summed E-state index contributed by atoms with van der Waals surface area (Å²) in [6.45, 7) is 3.14. The summed E-state index contributed by atoms with van der Waals surface area (Å²) in [5.41, 5.74) is 2.84. The summed E-state index contributed by atoms with van der Waals surface area (Å²) in [6, 6.07) is 5.71. The third-order valence-electron chi connectivity index (χ3n) is 2.77. The van der Waals surface area contributed by atoms with E-state index in [1.807, 2.05) is 18.2 Å². The summed E-state index contributed by atoms with van der Waals surface area (Å²) in [6.07, 6.45) is 0.938. The van der Waals surface area contributed by atoms with Crippen LogP contribution in [0.4, 0.5) is 5.69 Å². The van der Waals surface area contributed by atoms with Gasteiger partial charge in [-0.05, 0) is 30.0 Å². The van der Waals surface area contributed by atoms with E-state index in [9.17, 15) is 4.79 Å². The number of carbonyl (C=O) groups excluding carboxylic acids is 1. The van der Waals surface area contributed by atoms with Gasteiger partial charge in [-0.2, -0.15) is 0 Å². The minimum absolute atomic E-state index is 0.247. The molecule has 0 amide bonds. The minimum Gasteiger partial charge on any atom is -0.465 e. The number of methoxy groups -OCH3 is 1. The van der Waals surface area contributed by atoms with Gasteiger partial charge in [-0.25, -0.2) is 4.79 Å². The van der Waals surface area contributed by atoms with Crippen LogP contribution in [-0.4, -0.2) is 19.6 Å². The number of fused-ring (bicyclic) bond motifs is 1. The topological polar surface area (TPSA) is 38.3 Å². The highest BCUT2D eigenvalue weighted by atomic mass is 16.5. The number of carbonyl (C=O) groups is 1. The normalized spacial score (nSPS) is 18.9. The van der Waals surface area contributed by atoms with E-state index in [2.05, 4.69) is 12.2 Å². The molecule has 1 aromatic rings. The second-order valence-corrected chi connectivity index (χ2v) is 4.01. The van der Waals surface area contributed by atoms with Gasteiger partial charge in [0.1, 0.15) is 0 Å². The molecule has 1 atom stereocenters. The maximum Gasteiger partial charge on any atom is 0.338 e. The fourth-order valence-corrected chi connectivity index (χ4v) is 1.98. The second kappa shape index (κ2) is 3.93. The number of nitrogens with one attached hydrogen (secondary N) is 1. The van der Waals surface area contributed by atoms with Crippen molar-refractivity contribution in [3.63, 3.8) is 0 Å². The molecule has 0 radical (unpaired) electrons. The van der Waals surface area contributed by atoms with Crippen LogP contribution >= 0.6 is 0 Å². The molecule has 1 heterocycles. The molecule has 3 heteroatoms. The molecule has 1 aromatic carbocycles. The molecule has 0 spiro atoms. The molecule has 0 saturated heterocycles. The maximum absolute atomic E-state index is 11.5. The lowest BCUT2D eigenvalue weighted by atomic mass is 9.92. The number of ether oxygens (including phenoxy) is 1. The molecule has 0 aliphatic carbocycles. The number of esters is 1. The SMILES string of the molecule is COC(=O)c1cccc2c1CC(C)CN2. The van der Waals surface area contributed by atoms with Gasteiger partial charge in [-0.3, -0.25) is 0 Å². The summed E-state index contributed by atoms with van der Waals surface area (Å²) in [4.78, 5) is 11.5. The van der Waals surface area contributed by atoms with Gasteiger partial charge < -0.3 is 10.1 Å². The lowest BCUT2D eigenvalue weighted by molar-refractivity contribution is 0.0599. The van der Waals surface area contributed by atoms with E-state index in [1.54, 1.807) is 0 Å². The molecule has 2 rings (SSSR count). The molecule has 1 aliphatic rings. The third-order valence-corrected chi connectivity index (χ3v) is 2.77. The number of benzene rings is 1. The lowest BCUT2D eigenvalue weighted by Gasteiger charge is -2.24. The molecule has 0 saturated carbocycles. The van der Waals surface area contributed by atoms with E-state index in [0.29, 0.717) is 11.5 Å². The van der Waals surface area contributed by atoms with Crippen LogP contribution in [0.15, 0.2) is 18.2 Å². The van der Waals surface area contributed by atoms with Crippen molar-refractivity contribution in [2.24, 2.45) is 5.92 Å². The van der Waals surface area contributed by atoms with Crippen LogP contribution in [-0.2, 0) is 11.2 Å². The van der Waals surface area contributed by atoms with Crippen molar-refractivity contribution >= 4 is 11.7 Å². The van der Waals surface area contributed by atoms with Gasteiger partial charge in [0.2, 0.25) is 0 Å². The first-order chi connectivity index (χ1) is 7.22. The number of hydrogen-bond acceptors (Lipinski definition) is 3. The van der Waals surface area contributed by atoms with E-state index < -0.39 is 0 Å². The lowest BCUT2D eigenvalue weighted by Crippen LogP contribution is -2.23. The van der Waals surface area contributed by atoms with E-state index >= 15 is 0 Å². The Morgan fingerprint density at radius 1 is 1.53 bits per heavy atom. The number of hydrogen-bond donors (Lipinski definition) is 1. The van der Waals surface area contributed by atoms with Gasteiger partial charge in [0.25, 0.3) is 0 Å². The summed E-state index contributed by atoms with van der Waals surface area (Å²) in [5, 5.41) is 3.32. The van der Waals surface area contributed by atoms with E-state index in [0.717, 1.165) is 24.2 Å². The first-order valence-electron chi connectivity index (χ1n) is 5.16. The fourth-order valence-electron chi connectivity index (χ4n) is 1.98. The molecule has 15 heavy (non-hydrogen) atoms. The van der Waals surface area contributed by atoms with E-state index in [-0.39, 0.29) is 5.97 Å². The summed E-state index contributed by atoms with van der Waals surface area (Å²) >= 11 is 0. The highest BCUT2D eigenvalue weighted by Gasteiger charge is 2.20. The van der Waals surface area contributed by atoms with Crippen molar-refractivity contribution in [3.05, 3.63) is 29.3 Å². The Morgan fingerprint density at radius 3 is 3.07 bits per heavy atom. The molecule has 1 unspecified atom stereocenters. The van der Waals surface area contributed by atoms with Crippen LogP contribution < -0.4 is 5.32 Å². The fraction of sp³-hybridized carbons (Fsp3) is 0.417. The standard InChI is InChI=1S/C12H15NO2/c1-8-6-10-9(12(14)15-2)4-3-5-11(10)13-7-8/h3-5,8,13H,6-7H2,1-2H3. The van der Waals surface area contributed by atoms with Gasteiger partial charge in [0, 0.05) is 12.2 Å². The van der Waals surface area contributed by atoms with Gasteiger partial charge in [-0.15, -0.1) is 0 Å². The quantitative estimate of drug-likeness (QED) is 0.713. The van der Waals surface area contributed by atoms with Crippen LogP contribution in [0, 0.1) is 5.92 Å². The Bertz CT molecular complexity index is 387. The van der Waals surface area contributed by atoms with Crippen molar-refractivity contribution in [2.75, 3.05) is 19.0 Å². The zero-order valence-electron chi connectivity index (χ0n) is 9.04. The van der Waals surface area contributed by atoms with Crippen LogP contribution in [0.5, 0.6) is 0 Å². The Hall–Kier alpha value is -1.51. The van der Waals surface area contributed by atoms with Crippen molar-refractivity contribution in [1.82, 2.24) is 0 Å². The molecule has 0 bridgehead atoms. The molecule has 0 aromatic heterocycles. The van der Waals surface area contributed by atoms with Gasteiger partial charge in [0.05, 0.1) is 12.7 Å². The number of rotatable bonds is 1. The van der Waals surface area contributed by atoms with Crippen molar-refractivity contribution in [3.8, 4) is 0 Å². The highest BCUT2D eigenvalue weighted by Crippen LogP contribution is 2.27. The molecule has 1 N–H and O–H groups in total. The van der Waals surface area contributed by atoms with Crippen LogP contribution in [0.2, 0.25) is 0 Å². The largest absolute Gasteiger partial charge is 0.465 e. The second-order valence-electron chi connectivity index (χ2n) is 4.01. The smallest absolute Gasteiger partial charge is 0.338 e. The van der Waals surface area contributed by atoms with Crippen molar-refractivity contribution in [2.45, 2.75) is 13.3 Å². The highest BCUT2D eigenvalue weighted by molar-refractivity contribution is 5.93. The number of anilines is 1. The Morgan fingerprint density at radius 2 is 2.33 bits per heavy atom. The predicted molar refractivity (Wildman–Crippen MR) is 59.1 cm³/mol. The minimum atomic E-state index is -0.247. The predicted octanol–water partition coefficient (Wildman–Crippen LogP) is 2.08. The Labute approximate surface area is 89.4 Å². The van der Waals surface area contributed by atoms with Crippen LogP contribution in [0.25, 0.3) is 0 Å². The summed E-state index contributed by atoms with van der Waals surface area (Å²) in [7, 11) is 1.42. The molecule has 1 aliphatic heterocycles. The van der Waals surface area contributed by atoms with E-state index in [1.165, 1.54) is 7.11 Å². The van der Waals surface area contributed by atoms with Gasteiger partial charge >= 0.3 is 5.97 Å². The average Bonchev–Trinajstić information content (AvgIpc) is 2.27. The molecular weight excluding hydrogens is 190 g/mol. The zero-order chi connectivity index (χ0) is 10.8. The van der Waals surface area contributed by atoms with Crippen LogP contribution in [0.3, 0.4) is 0 Å². The van der Waals surface area contributed by atoms with Crippen molar-refractivity contribution < 1.29 is 9.53 Å². The Balaban J connectivity index is 2.44. The van der Waals surface area contributed by atoms with Gasteiger partial charge in [-0.1, -0.05) is 13.0 Å². The first kappa shape index (κ1) is 10.0. The van der Waals surface area contributed by atoms with Crippen molar-refractivity contribution in [1.29, 1.82) is 0 Å². The molecule has 80 valence electrons. The van der Waals surface area contributed by atoms with E-state index in [4.69, 9.17) is 4.74 Å². The molecular formula is C12H15NO2. The molecule has 0 fully saturated rings. The summed E-state index contributed by atoms with van der Waals surface area (Å²) < 4.78 is 4.77. The Kier molecular flexibility index (Phi) is 2.62. The summed E-state index contributed by atoms with van der Waals surface area (Å²) in [5.74, 6) is 0.311. The van der Waals surface area contributed by atoms with Crippen LogP contribution in [0.1, 0.15) is 22.8 Å². The average molecular weight is 205 g/mol.